The lowest BCUT2D eigenvalue weighted by Crippen LogP contribution is -2.29. The number of carbonyl (C=O) groups excluding carboxylic acids is 1. The Kier molecular flexibility index (Phi) is 7.26. The first-order valence-electron chi connectivity index (χ1n) is 11.8. The van der Waals surface area contributed by atoms with Crippen LogP contribution in [0.3, 0.4) is 0 Å². The molecule has 2 fully saturated rings. The Hall–Kier alpha value is -3.01. The first kappa shape index (κ1) is 23.7. The van der Waals surface area contributed by atoms with E-state index in [4.69, 9.17) is 17.0 Å². The third-order valence-electron chi connectivity index (χ3n) is 6.13. The van der Waals surface area contributed by atoms with Crippen LogP contribution in [-0.4, -0.2) is 50.3 Å². The third kappa shape index (κ3) is 5.32. The minimum Gasteiger partial charge on any atom is -0.376 e. The van der Waals surface area contributed by atoms with Crippen molar-refractivity contribution in [1.29, 1.82) is 0 Å². The van der Waals surface area contributed by atoms with Gasteiger partial charge in [-0.2, -0.15) is 0 Å². The van der Waals surface area contributed by atoms with E-state index < -0.39 is 0 Å². The highest BCUT2D eigenvalue weighted by Crippen LogP contribution is 2.33. The zero-order chi connectivity index (χ0) is 24.2. The molecular formula is C26H26N4O3S2. The molecule has 2 aromatic heterocycles. The van der Waals surface area contributed by atoms with Crippen molar-refractivity contribution in [2.75, 3.05) is 25.0 Å². The Morgan fingerprint density at radius 3 is 2.80 bits per heavy atom. The molecule has 35 heavy (non-hydrogen) atoms. The Morgan fingerprint density at radius 1 is 1.17 bits per heavy atom. The maximum atomic E-state index is 13.4. The van der Waals surface area contributed by atoms with Gasteiger partial charge in [0.15, 0.2) is 0 Å². The van der Waals surface area contributed by atoms with Crippen molar-refractivity contribution < 1.29 is 9.53 Å². The summed E-state index contributed by atoms with van der Waals surface area (Å²) in [6.45, 7) is 1.84. The van der Waals surface area contributed by atoms with Gasteiger partial charge in [0.2, 0.25) is 0 Å². The molecule has 9 heteroatoms. The molecule has 0 radical (unpaired) electrons. The van der Waals surface area contributed by atoms with Crippen molar-refractivity contribution in [2.45, 2.75) is 31.8 Å². The van der Waals surface area contributed by atoms with Crippen molar-refractivity contribution in [1.82, 2.24) is 14.3 Å². The Balaban J connectivity index is 1.39. The number of hydrogen-bond acceptors (Lipinski definition) is 7. The van der Waals surface area contributed by atoms with E-state index in [2.05, 4.69) is 22.4 Å². The average Bonchev–Trinajstić information content (AvgIpc) is 3.49. The predicted octanol–water partition coefficient (Wildman–Crippen LogP) is 4.12. The van der Waals surface area contributed by atoms with Gasteiger partial charge < -0.3 is 10.1 Å². The molecule has 2 aliphatic rings. The summed E-state index contributed by atoms with van der Waals surface area (Å²) in [5.41, 5.74) is 1.87. The van der Waals surface area contributed by atoms with Gasteiger partial charge in [-0.25, -0.2) is 4.98 Å². The van der Waals surface area contributed by atoms with E-state index in [-0.39, 0.29) is 17.6 Å². The topological polar surface area (TPSA) is 75.9 Å². The summed E-state index contributed by atoms with van der Waals surface area (Å²) in [4.78, 5) is 33.3. The highest BCUT2D eigenvalue weighted by Gasteiger charge is 2.32. The van der Waals surface area contributed by atoms with E-state index in [0.29, 0.717) is 39.3 Å². The molecule has 180 valence electrons. The lowest BCUT2D eigenvalue weighted by Gasteiger charge is -2.15. The third-order valence-corrected chi connectivity index (χ3v) is 7.51. The number of amides is 1. The van der Waals surface area contributed by atoms with Crippen molar-refractivity contribution >= 4 is 51.7 Å². The molecule has 1 aromatic carbocycles. The fourth-order valence-electron chi connectivity index (χ4n) is 4.29. The van der Waals surface area contributed by atoms with Gasteiger partial charge in [0, 0.05) is 25.9 Å². The molecule has 1 amide bonds. The van der Waals surface area contributed by atoms with Crippen LogP contribution in [0.5, 0.6) is 0 Å². The van der Waals surface area contributed by atoms with Gasteiger partial charge in [-0.15, -0.1) is 0 Å². The molecule has 0 bridgehead atoms. The fraction of sp³-hybridized carbons (Fsp3) is 0.308. The van der Waals surface area contributed by atoms with Gasteiger partial charge in [-0.3, -0.25) is 18.9 Å². The molecule has 7 nitrogen and oxygen atoms in total. The number of rotatable bonds is 8. The number of hydrogen-bond donors (Lipinski definition) is 1. The van der Waals surface area contributed by atoms with Crippen molar-refractivity contribution in [3.63, 3.8) is 0 Å². The highest BCUT2D eigenvalue weighted by molar-refractivity contribution is 8.26. The number of aromatic nitrogens is 2. The van der Waals surface area contributed by atoms with Crippen LogP contribution in [0.15, 0.2) is 64.4 Å². The standard InChI is InChI=1S/C26H26N4O3S2/c31-24-20(23(27-17-19-11-7-15-33-19)28-22-12-4-5-13-29(22)24)16-21-25(32)30(26(34)35-21)14-6-10-18-8-2-1-3-9-18/h1-5,8-9,12-13,16,19,27H,6-7,10-11,14-15,17H2/b21-16-/t19-/m0/s1. The first-order valence-corrected chi connectivity index (χ1v) is 13.0. The van der Waals surface area contributed by atoms with Crippen LogP contribution in [-0.2, 0) is 16.0 Å². The number of carbonyl (C=O) groups is 1. The molecule has 3 aromatic rings. The second kappa shape index (κ2) is 10.7. The minimum absolute atomic E-state index is 0.0849. The summed E-state index contributed by atoms with van der Waals surface area (Å²) in [6, 6.07) is 15.6. The SMILES string of the molecule is O=C1/C(=C/c2c(NC[C@@H]3CCCO3)nc3ccccn3c2=O)SC(=S)N1CCCc1ccccc1. The van der Waals surface area contributed by atoms with Crippen molar-refractivity contribution in [3.8, 4) is 0 Å². The number of ether oxygens (including phenoxy) is 1. The highest BCUT2D eigenvalue weighted by atomic mass is 32.2. The largest absolute Gasteiger partial charge is 0.376 e. The summed E-state index contributed by atoms with van der Waals surface area (Å²) in [5, 5.41) is 3.29. The van der Waals surface area contributed by atoms with Gasteiger partial charge in [0.25, 0.3) is 11.5 Å². The molecule has 4 heterocycles. The summed E-state index contributed by atoms with van der Waals surface area (Å²) < 4.78 is 7.71. The maximum absolute atomic E-state index is 13.4. The summed E-state index contributed by atoms with van der Waals surface area (Å²) in [5.74, 6) is 0.279. The van der Waals surface area contributed by atoms with Crippen LogP contribution in [0.2, 0.25) is 0 Å². The molecule has 2 aliphatic heterocycles. The molecule has 2 saturated heterocycles. The van der Waals surface area contributed by atoms with E-state index in [1.165, 1.54) is 21.7 Å². The van der Waals surface area contributed by atoms with Gasteiger partial charge in [0.1, 0.15) is 15.8 Å². The number of thioether (sulfide) groups is 1. The molecule has 0 spiro atoms. The van der Waals surface area contributed by atoms with Gasteiger partial charge in [0.05, 0.1) is 16.6 Å². The smallest absolute Gasteiger partial charge is 0.267 e. The van der Waals surface area contributed by atoms with E-state index in [1.807, 2.05) is 24.3 Å². The zero-order valence-electron chi connectivity index (χ0n) is 19.2. The van der Waals surface area contributed by atoms with E-state index in [1.54, 1.807) is 29.3 Å². The predicted molar refractivity (Wildman–Crippen MR) is 144 cm³/mol. The fourth-order valence-corrected chi connectivity index (χ4v) is 5.58. The lowest BCUT2D eigenvalue weighted by molar-refractivity contribution is -0.122. The maximum Gasteiger partial charge on any atom is 0.267 e. The molecule has 0 aliphatic carbocycles. The minimum atomic E-state index is -0.236. The quantitative estimate of drug-likeness (QED) is 0.364. The Bertz CT molecular complexity index is 1330. The Labute approximate surface area is 213 Å². The van der Waals surface area contributed by atoms with Crippen LogP contribution < -0.4 is 10.9 Å². The first-order chi connectivity index (χ1) is 17.1. The number of nitrogens with one attached hydrogen (secondary N) is 1. The normalized spacial score (nSPS) is 19.3. The van der Waals surface area contributed by atoms with Gasteiger partial charge in [-0.05, 0) is 49.5 Å². The molecule has 0 saturated carbocycles. The Morgan fingerprint density at radius 2 is 2.00 bits per heavy atom. The number of fused-ring (bicyclic) bond motifs is 1. The average molecular weight is 507 g/mol. The second-order valence-electron chi connectivity index (χ2n) is 8.55. The molecule has 1 N–H and O–H groups in total. The molecule has 5 rings (SSSR count). The molecule has 1 atom stereocenters. The second-order valence-corrected chi connectivity index (χ2v) is 10.2. The lowest BCUT2D eigenvalue weighted by atomic mass is 10.1. The van der Waals surface area contributed by atoms with Crippen LogP contribution in [0.25, 0.3) is 11.7 Å². The van der Waals surface area contributed by atoms with Crippen LogP contribution in [0.1, 0.15) is 30.4 Å². The number of benzene rings is 1. The van der Waals surface area contributed by atoms with Crippen LogP contribution in [0, 0.1) is 0 Å². The molecular weight excluding hydrogens is 480 g/mol. The number of pyridine rings is 1. The van der Waals surface area contributed by atoms with Crippen LogP contribution in [0.4, 0.5) is 5.82 Å². The number of aryl methyl sites for hydroxylation is 1. The number of anilines is 1. The number of nitrogens with zero attached hydrogens (tertiary/aromatic N) is 3. The summed E-state index contributed by atoms with van der Waals surface area (Å²) in [6.07, 6.45) is 7.06. The van der Waals surface area contributed by atoms with Crippen molar-refractivity contribution in [2.24, 2.45) is 0 Å². The zero-order valence-corrected chi connectivity index (χ0v) is 20.8. The van der Waals surface area contributed by atoms with E-state index in [0.717, 1.165) is 32.3 Å². The van der Waals surface area contributed by atoms with E-state index in [9.17, 15) is 9.59 Å². The van der Waals surface area contributed by atoms with Gasteiger partial charge in [-0.1, -0.05) is 60.4 Å². The van der Waals surface area contributed by atoms with E-state index >= 15 is 0 Å². The number of thiocarbonyl (C=S) groups is 1. The summed E-state index contributed by atoms with van der Waals surface area (Å²) in [7, 11) is 0. The monoisotopic (exact) mass is 506 g/mol. The van der Waals surface area contributed by atoms with Gasteiger partial charge >= 0.3 is 0 Å². The molecule has 0 unspecified atom stereocenters. The van der Waals surface area contributed by atoms with Crippen LogP contribution >= 0.6 is 24.0 Å². The summed E-state index contributed by atoms with van der Waals surface area (Å²) >= 11 is 6.73. The van der Waals surface area contributed by atoms with Crippen molar-refractivity contribution in [3.05, 3.63) is 81.1 Å².